The molecule has 72 heavy (non-hydrogen) atoms. The van der Waals surface area contributed by atoms with Gasteiger partial charge in [-0.3, -0.25) is 24.5 Å². The number of aromatic nitrogens is 7. The third-order valence-electron chi connectivity index (χ3n) is 9.71. The molecule has 16 nitrogen and oxygen atoms in total. The van der Waals surface area contributed by atoms with E-state index in [1.165, 1.54) is 74.0 Å². The number of benzene rings is 2. The topological polar surface area (TPSA) is 197 Å². The molecule has 379 valence electrons. The molecule has 0 aliphatic carbocycles. The van der Waals surface area contributed by atoms with Crippen LogP contribution in [0.2, 0.25) is 0 Å². The van der Waals surface area contributed by atoms with E-state index in [0.717, 1.165) is 6.63 Å². The predicted octanol–water partition coefficient (Wildman–Crippen LogP) is 10.2. The molecular weight excluding hydrogens is 1370 g/mol. The van der Waals surface area contributed by atoms with Crippen molar-refractivity contribution in [3.05, 3.63) is 129 Å². The fraction of sp³-hybridized carbons (Fsp3) is 0.250. The molecule has 7 aromatic rings. The van der Waals surface area contributed by atoms with E-state index < -0.39 is 12.0 Å². The van der Waals surface area contributed by atoms with Gasteiger partial charge in [-0.2, -0.15) is 26.0 Å². The molecule has 28 heteroatoms. The average molecular weight is 1420 g/mol. The number of carbonyl (C=O) groups excluding carboxylic acids is 4. The Labute approximate surface area is 480 Å². The average Bonchev–Trinajstić information content (AvgIpc) is 4.23. The van der Waals surface area contributed by atoms with E-state index in [1.54, 1.807) is 63.8 Å². The molecule has 0 spiro atoms. The molecule has 1 aliphatic rings. The molecule has 0 saturated heterocycles. The van der Waals surface area contributed by atoms with Crippen LogP contribution in [-0.2, 0) is 14.3 Å². The zero-order valence-corrected chi connectivity index (χ0v) is 49.3. The smallest absolute Gasteiger partial charge is 0.357 e. The molecule has 0 saturated carbocycles. The molecule has 0 fully saturated rings. The summed E-state index contributed by atoms with van der Waals surface area (Å²) in [6.07, 6.45) is 10.5. The molecular formula is C44H41BBrCl5F2N10O6S2U-. The second-order valence-electron chi connectivity index (χ2n) is 13.9. The first-order valence-corrected chi connectivity index (χ1v) is 25.4. The number of nitrogens with one attached hydrogen (secondary N) is 2. The molecule has 5 aromatic heterocycles. The maximum absolute atomic E-state index is 13.3. The van der Waals surface area contributed by atoms with Crippen molar-refractivity contribution in [1.29, 1.82) is 1.34 Å². The summed E-state index contributed by atoms with van der Waals surface area (Å²) in [6.45, 7) is 4.91. The van der Waals surface area contributed by atoms with Gasteiger partial charge >= 0.3 is 11.9 Å². The molecule has 8 rings (SSSR count). The molecule has 1 aliphatic heterocycles. The minimum atomic E-state index is -0.546. The van der Waals surface area contributed by atoms with E-state index >= 15 is 0 Å². The van der Waals surface area contributed by atoms with Gasteiger partial charge in [-0.25, -0.2) is 32.7 Å². The Morgan fingerprint density at radius 3 is 1.68 bits per heavy atom. The van der Waals surface area contributed by atoms with Crippen LogP contribution in [0.4, 0.5) is 8.78 Å². The number of halogens is 8. The van der Waals surface area contributed by atoms with E-state index in [-0.39, 0.29) is 87.9 Å². The molecule has 3 atom stereocenters. The van der Waals surface area contributed by atoms with Crippen LogP contribution >= 0.6 is 96.9 Å². The van der Waals surface area contributed by atoms with Gasteiger partial charge in [-0.1, -0.05) is 18.1 Å². The fourth-order valence-electron chi connectivity index (χ4n) is 6.46. The standard InChI is InChI=1S/C21H20FN5O3S.C21H18FN5O3S.CCl3.CH2Cl2.BBrH.U/c2*1-3-16(20-26-17(11-31-20)21(29)30-2)25-19(28)15-8-23-10-18-14(15)9-24-27(18)13-6-4-12(22)5-7-13;2-1(3)4;2-1-3;1-2;/h4-10,16-17H,3,11H2,1-2H3,(H,25,28);4-11,16H,3H2,1-2H3,(H,25,28);;1H2;1H;/q;;-1;;;/t16?,17-;;;;;/m0...../s1/i;;;;1D;. The van der Waals surface area contributed by atoms with Crippen LogP contribution in [0, 0.1) is 47.0 Å². The number of hydrogen-bond acceptors (Lipinski definition) is 14. The first-order valence-electron chi connectivity index (χ1n) is 21.0. The Hall–Kier alpha value is -3.88. The van der Waals surface area contributed by atoms with E-state index in [1.807, 2.05) is 13.8 Å². The van der Waals surface area contributed by atoms with Crippen LogP contribution in [0.25, 0.3) is 33.2 Å². The van der Waals surface area contributed by atoms with Gasteiger partial charge in [0.05, 0.1) is 95.0 Å². The van der Waals surface area contributed by atoms with Crippen molar-refractivity contribution in [3.8, 4) is 11.4 Å². The number of nitrogens with zero attached hydrogens (tertiary/aromatic N) is 8. The molecule has 2 amide bonds. The fourth-order valence-corrected chi connectivity index (χ4v) is 8.55. The number of aliphatic imine (C=N–C) groups is 1. The van der Waals surface area contributed by atoms with E-state index in [4.69, 9.17) is 64.1 Å². The number of thioether (sulfide) groups is 1. The van der Waals surface area contributed by atoms with Gasteiger partial charge in [0, 0.05) is 65.4 Å². The number of methoxy groups -OCH3 is 2. The molecule has 0 bridgehead atoms. The van der Waals surface area contributed by atoms with Crippen molar-refractivity contribution in [3.63, 3.8) is 0 Å². The monoisotopic (exact) mass is 1410 g/mol. The summed E-state index contributed by atoms with van der Waals surface area (Å²) in [6, 6.07) is 10.5. The Bertz CT molecular complexity index is 2930. The number of hydrogen-bond donors (Lipinski definition) is 2. The van der Waals surface area contributed by atoms with Gasteiger partial charge in [0.15, 0.2) is 18.4 Å². The molecule has 2 N–H and O–H groups in total. The Morgan fingerprint density at radius 1 is 0.819 bits per heavy atom. The van der Waals surface area contributed by atoms with Crippen LogP contribution in [0.1, 0.15) is 68.9 Å². The van der Waals surface area contributed by atoms with Crippen molar-refractivity contribution in [2.45, 2.75) is 44.8 Å². The summed E-state index contributed by atoms with van der Waals surface area (Å²) in [4.78, 5) is 66.6. The zero-order valence-electron chi connectivity index (χ0n) is 39.2. The number of alkyl halides is 2. The van der Waals surface area contributed by atoms with E-state index in [2.05, 4.69) is 61.3 Å². The van der Waals surface area contributed by atoms with Gasteiger partial charge in [-0.15, -0.1) is 46.3 Å². The number of ether oxygens (including phenoxy) is 2. The Balaban J connectivity index is 0.000000322. The second kappa shape index (κ2) is 31.8. The quantitative estimate of drug-likeness (QED) is 0.0509. The van der Waals surface area contributed by atoms with Gasteiger partial charge in [0.1, 0.15) is 16.6 Å². The second-order valence-corrected chi connectivity index (χ2v) is 18.3. The summed E-state index contributed by atoms with van der Waals surface area (Å²) in [5.41, 5.74) is 3.50. The van der Waals surface area contributed by atoms with Gasteiger partial charge in [-0.05, 0) is 62.7 Å². The normalized spacial score (nSPS) is 13.3. The number of thiazole rings is 1. The summed E-state index contributed by atoms with van der Waals surface area (Å²) in [5, 5.41) is 19.0. The summed E-state index contributed by atoms with van der Waals surface area (Å²) < 4.78 is 45.0. The van der Waals surface area contributed by atoms with Crippen molar-refractivity contribution in [2.75, 3.05) is 25.3 Å². The number of amides is 2. The number of pyridine rings is 2. The molecule has 2 aromatic carbocycles. The third kappa shape index (κ3) is 17.1. The number of esters is 2. The molecule has 6 heterocycles. The van der Waals surface area contributed by atoms with Gasteiger partial charge < -0.3 is 54.9 Å². The van der Waals surface area contributed by atoms with Gasteiger partial charge in [0.25, 0.3) is 11.8 Å². The molecule has 2 unspecified atom stereocenters. The van der Waals surface area contributed by atoms with Crippen LogP contribution in [0.3, 0.4) is 0 Å². The van der Waals surface area contributed by atoms with E-state index in [9.17, 15) is 28.0 Å². The minimum absolute atomic E-state index is 0. The van der Waals surface area contributed by atoms with Crippen molar-refractivity contribution in [1.82, 2.24) is 45.1 Å². The van der Waals surface area contributed by atoms with Gasteiger partial charge in [0.2, 0.25) is 0 Å². The number of rotatable bonds is 12. The maximum atomic E-state index is 13.3. The maximum Gasteiger partial charge on any atom is 0.357 e. The number of carbonyl (C=O) groups is 4. The SMILES string of the molecule is CCC(NC(=O)c1cncc2c1cnn2-c1ccc(F)cc1)C1=N[C@H](C(=O)OC)CS1.CCC(NC(=O)c1cncc2c1cnn2-c1ccc(F)cc1)c1nc(C(=O)OC)cs1.ClCCl.Cl[C-](Cl)Cl.[2H][B]Br.[U]. The third-order valence-corrected chi connectivity index (χ3v) is 11.8. The molecule has 1 radical (unpaired) electrons. The summed E-state index contributed by atoms with van der Waals surface area (Å²) >= 11 is 29.1. The van der Waals surface area contributed by atoms with E-state index in [0.29, 0.717) is 73.0 Å². The zero-order chi connectivity index (χ0) is 52.9. The summed E-state index contributed by atoms with van der Waals surface area (Å²) in [7, 11) is 2.62. The van der Waals surface area contributed by atoms with Crippen molar-refractivity contribution < 1.29 is 68.5 Å². The van der Waals surface area contributed by atoms with Crippen molar-refractivity contribution in [2.24, 2.45) is 4.99 Å². The Kier molecular flexibility index (Phi) is 26.8. The van der Waals surface area contributed by atoms with Crippen molar-refractivity contribution >= 4 is 154 Å². The van der Waals surface area contributed by atoms with Crippen LogP contribution in [-0.4, -0.2) is 109 Å². The largest absolute Gasteiger partial charge is 0.467 e. The summed E-state index contributed by atoms with van der Waals surface area (Å²) in [5.74, 6) is -1.74. The predicted molar refractivity (Wildman–Crippen MR) is 282 cm³/mol. The van der Waals surface area contributed by atoms with Crippen LogP contribution < -0.4 is 10.6 Å². The first-order chi connectivity index (χ1) is 34.6. The first kappa shape index (κ1) is 60.7. The van der Waals surface area contributed by atoms with Crippen LogP contribution in [0.5, 0.6) is 0 Å². The van der Waals surface area contributed by atoms with Crippen LogP contribution in [0.15, 0.2) is 96.1 Å². The Morgan fingerprint density at radius 2 is 1.26 bits per heavy atom. The minimum Gasteiger partial charge on any atom is -0.467 e. The number of fused-ring (bicyclic) bond motifs is 2.